The van der Waals surface area contributed by atoms with Crippen molar-refractivity contribution in [1.82, 2.24) is 5.32 Å². The van der Waals surface area contributed by atoms with Crippen LogP contribution < -0.4 is 5.32 Å². The highest BCUT2D eigenvalue weighted by molar-refractivity contribution is 4.81. The van der Waals surface area contributed by atoms with Gasteiger partial charge in [0.25, 0.3) is 0 Å². The molecule has 0 spiro atoms. The lowest BCUT2D eigenvalue weighted by atomic mass is 10.0. The van der Waals surface area contributed by atoms with Gasteiger partial charge in [0.05, 0.1) is 6.10 Å². The van der Waals surface area contributed by atoms with Crippen LogP contribution in [0.15, 0.2) is 0 Å². The van der Waals surface area contributed by atoms with Gasteiger partial charge in [-0.15, -0.1) is 0 Å². The Morgan fingerprint density at radius 3 is 2.47 bits per heavy atom. The summed E-state index contributed by atoms with van der Waals surface area (Å²) in [5, 5.41) is 13.7. The van der Waals surface area contributed by atoms with Gasteiger partial charge in [0.2, 0.25) is 0 Å². The number of hydrogen-bond acceptors (Lipinski definition) is 2. The number of aliphatic hydroxyl groups is 1. The Morgan fingerprint density at radius 1 is 1.06 bits per heavy atom. The number of rotatable bonds is 6. The minimum Gasteiger partial charge on any atom is -0.392 e. The molecule has 0 amide bonds. The largest absolute Gasteiger partial charge is 0.392 e. The second-order valence-corrected chi connectivity index (χ2v) is 6.20. The van der Waals surface area contributed by atoms with Gasteiger partial charge in [0, 0.05) is 12.1 Å². The van der Waals surface area contributed by atoms with E-state index in [0.717, 1.165) is 18.8 Å². The van der Waals surface area contributed by atoms with Crippen LogP contribution in [0.5, 0.6) is 0 Å². The van der Waals surface area contributed by atoms with E-state index < -0.39 is 0 Å². The molecule has 3 unspecified atom stereocenters. The van der Waals surface area contributed by atoms with Crippen LogP contribution in [0.3, 0.4) is 0 Å². The Labute approximate surface area is 107 Å². The minimum atomic E-state index is -0.120. The third kappa shape index (κ3) is 6.42. The summed E-state index contributed by atoms with van der Waals surface area (Å²) in [7, 11) is 0. The maximum absolute atomic E-state index is 10.0. The summed E-state index contributed by atoms with van der Waals surface area (Å²) in [6.45, 7) is 6.83. The predicted molar refractivity (Wildman–Crippen MR) is 74.2 cm³/mol. The van der Waals surface area contributed by atoms with Crippen LogP contribution in [0.4, 0.5) is 0 Å². The first kappa shape index (κ1) is 15.0. The van der Waals surface area contributed by atoms with Gasteiger partial charge in [0.1, 0.15) is 0 Å². The molecule has 1 fully saturated rings. The highest BCUT2D eigenvalue weighted by Gasteiger charge is 2.22. The smallest absolute Gasteiger partial charge is 0.0693 e. The Kier molecular flexibility index (Phi) is 7.14. The molecule has 0 heterocycles. The third-order valence-corrected chi connectivity index (χ3v) is 3.90. The molecule has 2 N–H and O–H groups in total. The van der Waals surface area contributed by atoms with Crippen LogP contribution in [-0.2, 0) is 0 Å². The van der Waals surface area contributed by atoms with Crippen molar-refractivity contribution in [1.29, 1.82) is 0 Å². The van der Waals surface area contributed by atoms with E-state index in [0.29, 0.717) is 12.1 Å². The molecule has 0 aromatic carbocycles. The summed E-state index contributed by atoms with van der Waals surface area (Å²) in [5.74, 6) is 0.811. The maximum atomic E-state index is 10.0. The molecule has 1 saturated carbocycles. The molecule has 0 aromatic rings. The molecule has 2 nitrogen and oxygen atoms in total. The number of hydrogen-bond donors (Lipinski definition) is 2. The monoisotopic (exact) mass is 241 g/mol. The molecule has 0 aromatic heterocycles. The van der Waals surface area contributed by atoms with E-state index >= 15 is 0 Å². The van der Waals surface area contributed by atoms with E-state index in [-0.39, 0.29) is 6.10 Å². The maximum Gasteiger partial charge on any atom is 0.0693 e. The minimum absolute atomic E-state index is 0.120. The van der Waals surface area contributed by atoms with Crippen molar-refractivity contribution < 1.29 is 5.11 Å². The van der Waals surface area contributed by atoms with Gasteiger partial charge >= 0.3 is 0 Å². The second-order valence-electron chi connectivity index (χ2n) is 6.20. The van der Waals surface area contributed by atoms with Crippen LogP contribution >= 0.6 is 0 Å². The topological polar surface area (TPSA) is 32.3 Å². The molecular formula is C15H31NO. The van der Waals surface area contributed by atoms with E-state index in [9.17, 15) is 5.11 Å². The summed E-state index contributed by atoms with van der Waals surface area (Å²) in [4.78, 5) is 0. The van der Waals surface area contributed by atoms with Crippen molar-refractivity contribution in [2.24, 2.45) is 5.92 Å². The molecule has 1 rings (SSSR count). The highest BCUT2D eigenvalue weighted by Crippen LogP contribution is 2.19. The summed E-state index contributed by atoms with van der Waals surface area (Å²) in [6, 6.07) is 0.887. The average molecular weight is 241 g/mol. The fraction of sp³-hybridized carbons (Fsp3) is 1.00. The Hall–Kier alpha value is -0.0800. The van der Waals surface area contributed by atoms with Crippen molar-refractivity contribution >= 4 is 0 Å². The van der Waals surface area contributed by atoms with Crippen molar-refractivity contribution in [3.63, 3.8) is 0 Å². The van der Waals surface area contributed by atoms with Gasteiger partial charge in [-0.1, -0.05) is 46.0 Å². The van der Waals surface area contributed by atoms with Crippen molar-refractivity contribution in [2.45, 2.75) is 90.3 Å². The Bertz CT molecular complexity index is 193. The fourth-order valence-electron chi connectivity index (χ4n) is 2.76. The van der Waals surface area contributed by atoms with Crippen LogP contribution in [0.1, 0.15) is 72.1 Å². The fourth-order valence-corrected chi connectivity index (χ4v) is 2.76. The van der Waals surface area contributed by atoms with E-state index in [1.54, 1.807) is 0 Å². The molecule has 102 valence electrons. The molecule has 0 bridgehead atoms. The van der Waals surface area contributed by atoms with Crippen molar-refractivity contribution in [3.05, 3.63) is 0 Å². The SMILES string of the molecule is CC(C)CCCC(C)NC1CCCCCC1O. The van der Waals surface area contributed by atoms with E-state index in [2.05, 4.69) is 26.1 Å². The zero-order chi connectivity index (χ0) is 12.7. The lowest BCUT2D eigenvalue weighted by molar-refractivity contribution is 0.114. The Morgan fingerprint density at radius 2 is 1.76 bits per heavy atom. The van der Waals surface area contributed by atoms with Gasteiger partial charge in [-0.2, -0.15) is 0 Å². The summed E-state index contributed by atoms with van der Waals surface area (Å²) in [5.41, 5.74) is 0. The summed E-state index contributed by atoms with van der Waals surface area (Å²) >= 11 is 0. The predicted octanol–water partition coefficient (Wildman–Crippen LogP) is 3.48. The molecular weight excluding hydrogens is 210 g/mol. The first-order valence-electron chi connectivity index (χ1n) is 7.53. The van der Waals surface area contributed by atoms with E-state index in [1.165, 1.54) is 38.5 Å². The molecule has 2 heteroatoms. The van der Waals surface area contributed by atoms with Crippen molar-refractivity contribution in [3.8, 4) is 0 Å². The van der Waals surface area contributed by atoms with Crippen LogP contribution in [-0.4, -0.2) is 23.3 Å². The molecule has 17 heavy (non-hydrogen) atoms. The van der Waals surface area contributed by atoms with Crippen molar-refractivity contribution in [2.75, 3.05) is 0 Å². The highest BCUT2D eigenvalue weighted by atomic mass is 16.3. The van der Waals surface area contributed by atoms with E-state index in [4.69, 9.17) is 0 Å². The van der Waals surface area contributed by atoms with Crippen LogP contribution in [0, 0.1) is 5.92 Å². The zero-order valence-corrected chi connectivity index (χ0v) is 11.9. The standard InChI is InChI=1S/C15H31NO/c1-12(2)8-7-9-13(3)16-14-10-5-4-6-11-15(14)17/h12-17H,4-11H2,1-3H3. The molecule has 0 saturated heterocycles. The number of aliphatic hydroxyl groups excluding tert-OH is 1. The normalized spacial score (nSPS) is 28.1. The van der Waals surface area contributed by atoms with Crippen LogP contribution in [0.25, 0.3) is 0 Å². The first-order valence-corrected chi connectivity index (χ1v) is 7.53. The summed E-state index contributed by atoms with van der Waals surface area (Å²) in [6.07, 6.45) is 9.62. The van der Waals surface area contributed by atoms with Gasteiger partial charge < -0.3 is 10.4 Å². The second kappa shape index (κ2) is 8.10. The van der Waals surface area contributed by atoms with Gasteiger partial charge in [-0.05, 0) is 32.1 Å². The van der Waals surface area contributed by atoms with Gasteiger partial charge in [-0.3, -0.25) is 0 Å². The van der Waals surface area contributed by atoms with Gasteiger partial charge in [-0.25, -0.2) is 0 Å². The third-order valence-electron chi connectivity index (χ3n) is 3.90. The van der Waals surface area contributed by atoms with E-state index in [1.807, 2.05) is 0 Å². The molecule has 1 aliphatic rings. The number of nitrogens with one attached hydrogen (secondary N) is 1. The Balaban J connectivity index is 2.21. The average Bonchev–Trinajstić information content (AvgIpc) is 2.44. The lowest BCUT2D eigenvalue weighted by Crippen LogP contribution is -2.43. The molecule has 0 aliphatic heterocycles. The first-order chi connectivity index (χ1) is 8.09. The van der Waals surface area contributed by atoms with Crippen LogP contribution in [0.2, 0.25) is 0 Å². The molecule has 0 radical (unpaired) electrons. The molecule has 3 atom stereocenters. The molecule has 1 aliphatic carbocycles. The zero-order valence-electron chi connectivity index (χ0n) is 11.9. The summed E-state index contributed by atoms with van der Waals surface area (Å²) < 4.78 is 0. The lowest BCUT2D eigenvalue weighted by Gasteiger charge is -2.26. The van der Waals surface area contributed by atoms with Gasteiger partial charge in [0.15, 0.2) is 0 Å². The quantitative estimate of drug-likeness (QED) is 0.698.